The average Bonchev–Trinajstić information content (AvgIpc) is 3.16. The first-order valence-corrected chi connectivity index (χ1v) is 8.55. The molecule has 0 aliphatic heterocycles. The number of nitrogens with one attached hydrogen (secondary N) is 1. The van der Waals surface area contributed by atoms with Gasteiger partial charge in [0.05, 0.1) is 11.1 Å². The van der Waals surface area contributed by atoms with Crippen LogP contribution in [0.5, 0.6) is 0 Å². The average molecular weight is 346 g/mol. The number of H-pyrrole nitrogens is 1. The van der Waals surface area contributed by atoms with E-state index in [1.165, 1.54) is 11.3 Å². The Bertz CT molecular complexity index is 879. The van der Waals surface area contributed by atoms with E-state index in [4.69, 9.17) is 0 Å². The summed E-state index contributed by atoms with van der Waals surface area (Å²) in [6, 6.07) is 1.85. The highest BCUT2D eigenvalue weighted by Gasteiger charge is 2.49. The lowest BCUT2D eigenvalue weighted by atomic mass is 9.65. The number of nitrogens with zero attached hydrogens (tertiary/aromatic N) is 1. The molecule has 0 amide bonds. The lowest BCUT2D eigenvalue weighted by molar-refractivity contribution is -0.0290. The van der Waals surface area contributed by atoms with Crippen molar-refractivity contribution in [1.82, 2.24) is 10.2 Å². The van der Waals surface area contributed by atoms with Crippen molar-refractivity contribution in [2.45, 2.75) is 32.1 Å². The van der Waals surface area contributed by atoms with Gasteiger partial charge in [0.15, 0.2) is 5.78 Å². The van der Waals surface area contributed by atoms with Crippen LogP contribution in [0.15, 0.2) is 36.7 Å². The van der Waals surface area contributed by atoms with Crippen LogP contribution >= 0.6 is 11.3 Å². The number of halogens is 2. The van der Waals surface area contributed by atoms with Gasteiger partial charge >= 0.3 is 0 Å². The predicted octanol–water partition coefficient (Wildman–Crippen LogP) is 5.10. The highest BCUT2D eigenvalue weighted by atomic mass is 32.1. The number of thiophene rings is 1. The summed E-state index contributed by atoms with van der Waals surface area (Å²) in [6.07, 6.45) is 4.57. The first-order chi connectivity index (χ1) is 11.3. The molecule has 2 heterocycles. The van der Waals surface area contributed by atoms with Crippen molar-refractivity contribution in [3.63, 3.8) is 0 Å². The normalized spacial score (nSPS) is 25.4. The minimum atomic E-state index is -2.79. The van der Waals surface area contributed by atoms with E-state index in [2.05, 4.69) is 16.8 Å². The highest BCUT2D eigenvalue weighted by molar-refractivity contribution is 7.17. The summed E-state index contributed by atoms with van der Waals surface area (Å²) < 4.78 is 28.7. The third-order valence-electron chi connectivity index (χ3n) is 5.00. The molecule has 6 heteroatoms. The summed E-state index contributed by atoms with van der Waals surface area (Å²) in [5, 5.41) is 6.65. The molecule has 1 atom stereocenters. The minimum Gasteiger partial charge on any atom is -0.293 e. The van der Waals surface area contributed by atoms with Gasteiger partial charge in [-0.25, -0.2) is 8.78 Å². The van der Waals surface area contributed by atoms with Crippen molar-refractivity contribution in [3.05, 3.63) is 47.1 Å². The first-order valence-electron chi connectivity index (χ1n) is 7.73. The summed E-state index contributed by atoms with van der Waals surface area (Å²) >= 11 is 1.35. The number of carbonyl (C=O) groups is 1. The summed E-state index contributed by atoms with van der Waals surface area (Å²) in [5.41, 5.74) is 2.10. The summed E-state index contributed by atoms with van der Waals surface area (Å²) in [7, 11) is 0. The molecule has 0 aromatic carbocycles. The maximum absolute atomic E-state index is 14.4. The second kappa shape index (κ2) is 4.96. The van der Waals surface area contributed by atoms with Crippen LogP contribution < -0.4 is 0 Å². The fourth-order valence-electron chi connectivity index (χ4n) is 3.77. The fourth-order valence-corrected chi connectivity index (χ4v) is 4.87. The number of aromatic nitrogens is 2. The third-order valence-corrected chi connectivity index (χ3v) is 6.22. The quantitative estimate of drug-likeness (QED) is 0.769. The van der Waals surface area contributed by atoms with Crippen LogP contribution in [-0.4, -0.2) is 21.9 Å². The van der Waals surface area contributed by atoms with Crippen molar-refractivity contribution >= 4 is 22.7 Å². The maximum Gasteiger partial charge on any atom is 0.253 e. The van der Waals surface area contributed by atoms with Gasteiger partial charge in [0, 0.05) is 46.9 Å². The standard InChI is InChI=1S/C18H16F2N2OS/c1-3-17(2)9-18(19,20)6-12-11-4-15(10-7-21-22-8-10)24-16(11)14(23)5-13(12)17/h3-4,7-8H,1,5-6,9H2,2H3,(H,21,22). The molecule has 0 radical (unpaired) electrons. The molecule has 1 unspecified atom stereocenters. The van der Waals surface area contributed by atoms with Crippen LogP contribution in [-0.2, 0) is 0 Å². The molecule has 2 aromatic rings. The second-order valence-electron chi connectivity index (χ2n) is 6.73. The second-order valence-corrected chi connectivity index (χ2v) is 7.78. The van der Waals surface area contributed by atoms with Gasteiger partial charge in [0.1, 0.15) is 0 Å². The minimum absolute atomic E-state index is 0.00165. The largest absolute Gasteiger partial charge is 0.293 e. The Labute approximate surface area is 142 Å². The zero-order chi connectivity index (χ0) is 17.1. The van der Waals surface area contributed by atoms with Crippen LogP contribution in [0.4, 0.5) is 8.78 Å². The number of fused-ring (bicyclic) bond motifs is 2. The van der Waals surface area contributed by atoms with E-state index in [-0.39, 0.29) is 25.0 Å². The van der Waals surface area contributed by atoms with E-state index in [1.54, 1.807) is 25.4 Å². The van der Waals surface area contributed by atoms with Gasteiger partial charge in [-0.3, -0.25) is 9.89 Å². The van der Waals surface area contributed by atoms with Gasteiger partial charge in [-0.15, -0.1) is 17.9 Å². The van der Waals surface area contributed by atoms with Crippen LogP contribution in [0, 0.1) is 5.41 Å². The lowest BCUT2D eigenvalue weighted by Crippen LogP contribution is -2.36. The molecule has 1 N–H and O–H groups in total. The van der Waals surface area contributed by atoms with E-state index in [0.717, 1.165) is 16.0 Å². The Balaban J connectivity index is 1.92. The lowest BCUT2D eigenvalue weighted by Gasteiger charge is -2.41. The molecule has 2 aliphatic carbocycles. The molecular formula is C18H16F2N2OS. The first kappa shape index (κ1) is 15.4. The number of hydrogen-bond acceptors (Lipinski definition) is 3. The number of aromatic amines is 1. The summed E-state index contributed by atoms with van der Waals surface area (Å²) in [6.45, 7) is 5.50. The molecule has 0 bridgehead atoms. The molecule has 0 spiro atoms. The number of alkyl halides is 2. The van der Waals surface area contributed by atoms with Crippen molar-refractivity contribution in [1.29, 1.82) is 0 Å². The molecule has 0 saturated heterocycles. The fraction of sp³-hybridized carbons (Fsp3) is 0.333. The summed E-state index contributed by atoms with van der Waals surface area (Å²) in [4.78, 5) is 14.1. The van der Waals surface area contributed by atoms with Crippen molar-refractivity contribution in [2.75, 3.05) is 0 Å². The molecule has 24 heavy (non-hydrogen) atoms. The number of Topliss-reactive ketones (excluding diaryl/α,β-unsaturated/α-hetero) is 1. The Morgan fingerprint density at radius 3 is 2.92 bits per heavy atom. The van der Waals surface area contributed by atoms with E-state index < -0.39 is 11.3 Å². The van der Waals surface area contributed by atoms with Crippen LogP contribution in [0.3, 0.4) is 0 Å². The molecule has 124 valence electrons. The van der Waals surface area contributed by atoms with Gasteiger partial charge < -0.3 is 0 Å². The van der Waals surface area contributed by atoms with Gasteiger partial charge in [0.25, 0.3) is 5.92 Å². The Morgan fingerprint density at radius 1 is 1.46 bits per heavy atom. The Kier molecular flexibility index (Phi) is 3.19. The predicted molar refractivity (Wildman–Crippen MR) is 90.3 cm³/mol. The Morgan fingerprint density at radius 2 is 2.25 bits per heavy atom. The van der Waals surface area contributed by atoms with E-state index in [0.29, 0.717) is 16.0 Å². The zero-order valence-corrected chi connectivity index (χ0v) is 14.0. The highest BCUT2D eigenvalue weighted by Crippen LogP contribution is 2.56. The number of hydrogen-bond donors (Lipinski definition) is 1. The number of allylic oxidation sites excluding steroid dienone is 3. The monoisotopic (exact) mass is 346 g/mol. The van der Waals surface area contributed by atoms with E-state index in [9.17, 15) is 13.6 Å². The molecule has 2 aliphatic rings. The van der Waals surface area contributed by atoms with Crippen LogP contribution in [0.25, 0.3) is 16.0 Å². The molecule has 0 fully saturated rings. The summed E-state index contributed by atoms with van der Waals surface area (Å²) in [5.74, 6) is -2.79. The zero-order valence-electron chi connectivity index (χ0n) is 13.2. The number of carbonyl (C=O) groups excluding carboxylic acids is 1. The Hall–Kier alpha value is -2.08. The van der Waals surface area contributed by atoms with Crippen LogP contribution in [0.2, 0.25) is 0 Å². The molecule has 3 nitrogen and oxygen atoms in total. The van der Waals surface area contributed by atoms with Crippen LogP contribution in [0.1, 0.15) is 41.4 Å². The van der Waals surface area contributed by atoms with Crippen molar-refractivity contribution < 1.29 is 13.6 Å². The van der Waals surface area contributed by atoms with E-state index in [1.807, 2.05) is 6.07 Å². The molecular weight excluding hydrogens is 330 g/mol. The number of rotatable bonds is 2. The van der Waals surface area contributed by atoms with Gasteiger partial charge in [0.2, 0.25) is 0 Å². The van der Waals surface area contributed by atoms with Crippen molar-refractivity contribution in [3.8, 4) is 10.4 Å². The van der Waals surface area contributed by atoms with Gasteiger partial charge in [-0.2, -0.15) is 5.10 Å². The third kappa shape index (κ3) is 2.20. The van der Waals surface area contributed by atoms with Crippen molar-refractivity contribution in [2.24, 2.45) is 5.41 Å². The van der Waals surface area contributed by atoms with Gasteiger partial charge in [-0.1, -0.05) is 13.0 Å². The molecule has 0 saturated carbocycles. The smallest absolute Gasteiger partial charge is 0.253 e. The van der Waals surface area contributed by atoms with Gasteiger partial charge in [-0.05, 0) is 17.2 Å². The topological polar surface area (TPSA) is 45.8 Å². The maximum atomic E-state index is 14.4. The SMILES string of the molecule is C=CC1(C)CC(F)(F)CC2=C1CC(=O)c1sc(-c3cn[nH]c3)cc12. The molecule has 4 rings (SSSR count). The van der Waals surface area contributed by atoms with E-state index >= 15 is 0 Å². The molecule has 2 aromatic heterocycles. The number of ketones is 1.